The van der Waals surface area contributed by atoms with Crippen molar-refractivity contribution in [3.63, 3.8) is 0 Å². The van der Waals surface area contributed by atoms with Crippen molar-refractivity contribution in [2.75, 3.05) is 12.4 Å². The van der Waals surface area contributed by atoms with Gasteiger partial charge in [0.25, 0.3) is 0 Å². The van der Waals surface area contributed by atoms with Crippen molar-refractivity contribution in [1.82, 2.24) is 4.98 Å². The van der Waals surface area contributed by atoms with Crippen LogP contribution in [-0.4, -0.2) is 12.0 Å². The zero-order chi connectivity index (χ0) is 14.1. The SMILES string of the molecule is CC.CNc1ccc(OCc2ccccn2)c(Cl)c1. The van der Waals surface area contributed by atoms with Crippen LogP contribution in [0.25, 0.3) is 0 Å². The highest BCUT2D eigenvalue weighted by Gasteiger charge is 2.03. The van der Waals surface area contributed by atoms with Crippen LogP contribution < -0.4 is 10.1 Å². The first kappa shape index (κ1) is 15.3. The predicted octanol–water partition coefficient (Wildman–Crippen LogP) is 4.38. The smallest absolute Gasteiger partial charge is 0.138 e. The van der Waals surface area contributed by atoms with E-state index in [-0.39, 0.29) is 0 Å². The highest BCUT2D eigenvalue weighted by Crippen LogP contribution is 2.27. The van der Waals surface area contributed by atoms with Gasteiger partial charge in [0.05, 0.1) is 10.7 Å². The molecule has 1 heterocycles. The van der Waals surface area contributed by atoms with Crippen molar-refractivity contribution in [2.24, 2.45) is 0 Å². The molecule has 19 heavy (non-hydrogen) atoms. The molecule has 1 N–H and O–H groups in total. The Morgan fingerprint density at radius 3 is 2.58 bits per heavy atom. The van der Waals surface area contributed by atoms with Crippen LogP contribution in [0.1, 0.15) is 19.5 Å². The van der Waals surface area contributed by atoms with E-state index in [1.165, 1.54) is 0 Å². The zero-order valence-electron chi connectivity index (χ0n) is 11.5. The first-order valence-electron chi connectivity index (χ1n) is 6.29. The lowest BCUT2D eigenvalue weighted by molar-refractivity contribution is 0.301. The van der Waals surface area contributed by atoms with Crippen LogP contribution >= 0.6 is 11.6 Å². The molecule has 0 aliphatic heterocycles. The number of hydrogen-bond donors (Lipinski definition) is 1. The van der Waals surface area contributed by atoms with Crippen molar-refractivity contribution in [3.8, 4) is 5.75 Å². The zero-order valence-corrected chi connectivity index (χ0v) is 12.2. The molecule has 0 atom stereocenters. The maximum Gasteiger partial charge on any atom is 0.138 e. The minimum Gasteiger partial charge on any atom is -0.486 e. The Balaban J connectivity index is 0.000000861. The van der Waals surface area contributed by atoms with Gasteiger partial charge in [0, 0.05) is 18.9 Å². The van der Waals surface area contributed by atoms with E-state index in [1.54, 1.807) is 6.20 Å². The van der Waals surface area contributed by atoms with Gasteiger partial charge in [-0.2, -0.15) is 0 Å². The van der Waals surface area contributed by atoms with E-state index < -0.39 is 0 Å². The number of hydrogen-bond acceptors (Lipinski definition) is 3. The average molecular weight is 279 g/mol. The molecule has 0 amide bonds. The normalized spacial score (nSPS) is 9.26. The molecular weight excluding hydrogens is 260 g/mol. The number of pyridine rings is 1. The van der Waals surface area contributed by atoms with Crippen molar-refractivity contribution < 1.29 is 4.74 Å². The molecule has 102 valence electrons. The lowest BCUT2D eigenvalue weighted by atomic mass is 10.3. The van der Waals surface area contributed by atoms with Gasteiger partial charge in [0.2, 0.25) is 0 Å². The second kappa shape index (κ2) is 8.38. The van der Waals surface area contributed by atoms with E-state index in [9.17, 15) is 0 Å². The van der Waals surface area contributed by atoms with Gasteiger partial charge in [-0.3, -0.25) is 4.98 Å². The molecule has 0 radical (unpaired) electrons. The summed E-state index contributed by atoms with van der Waals surface area (Å²) in [5, 5.41) is 3.61. The summed E-state index contributed by atoms with van der Waals surface area (Å²) in [6.45, 7) is 4.42. The quantitative estimate of drug-likeness (QED) is 0.901. The van der Waals surface area contributed by atoms with Gasteiger partial charge in [-0.15, -0.1) is 0 Å². The summed E-state index contributed by atoms with van der Waals surface area (Å²) in [4.78, 5) is 4.18. The minimum absolute atomic E-state index is 0.416. The summed E-state index contributed by atoms with van der Waals surface area (Å²) in [5.74, 6) is 0.663. The summed E-state index contributed by atoms with van der Waals surface area (Å²) < 4.78 is 5.60. The van der Waals surface area contributed by atoms with E-state index in [0.29, 0.717) is 17.4 Å². The molecule has 4 heteroatoms. The minimum atomic E-state index is 0.416. The maximum absolute atomic E-state index is 6.09. The molecule has 3 nitrogen and oxygen atoms in total. The Kier molecular flexibility index (Phi) is 6.75. The van der Waals surface area contributed by atoms with Gasteiger partial charge in [-0.25, -0.2) is 0 Å². The van der Waals surface area contributed by atoms with Gasteiger partial charge in [-0.05, 0) is 30.3 Å². The third-order valence-corrected chi connectivity index (χ3v) is 2.62. The highest BCUT2D eigenvalue weighted by atomic mass is 35.5. The maximum atomic E-state index is 6.09. The number of anilines is 1. The molecule has 0 spiro atoms. The average Bonchev–Trinajstić information content (AvgIpc) is 2.49. The summed E-state index contributed by atoms with van der Waals surface area (Å²) >= 11 is 6.09. The molecule has 1 aromatic carbocycles. The third kappa shape index (κ3) is 4.79. The standard InChI is InChI=1S/C13H13ClN2O.C2H6/c1-15-10-5-6-13(12(14)8-10)17-9-11-4-2-3-7-16-11;1-2/h2-8,15H,9H2,1H3;1-2H3. The lowest BCUT2D eigenvalue weighted by Gasteiger charge is -2.09. The lowest BCUT2D eigenvalue weighted by Crippen LogP contribution is -1.98. The van der Waals surface area contributed by atoms with Crippen molar-refractivity contribution in [2.45, 2.75) is 20.5 Å². The van der Waals surface area contributed by atoms with Crippen molar-refractivity contribution in [3.05, 3.63) is 53.3 Å². The fraction of sp³-hybridized carbons (Fsp3) is 0.267. The van der Waals surface area contributed by atoms with Crippen LogP contribution in [0, 0.1) is 0 Å². The number of ether oxygens (including phenoxy) is 1. The molecular formula is C15H19ClN2O. The van der Waals surface area contributed by atoms with E-state index >= 15 is 0 Å². The van der Waals surface area contributed by atoms with E-state index in [1.807, 2.05) is 57.3 Å². The van der Waals surface area contributed by atoms with E-state index in [0.717, 1.165) is 11.4 Å². The predicted molar refractivity (Wildman–Crippen MR) is 80.9 cm³/mol. The van der Waals surface area contributed by atoms with Crippen molar-refractivity contribution >= 4 is 17.3 Å². The number of halogens is 1. The van der Waals surface area contributed by atoms with Crippen LogP contribution in [0.3, 0.4) is 0 Å². The van der Waals surface area contributed by atoms with Gasteiger partial charge in [-0.1, -0.05) is 31.5 Å². The number of rotatable bonds is 4. The highest BCUT2D eigenvalue weighted by molar-refractivity contribution is 6.32. The monoisotopic (exact) mass is 278 g/mol. The molecule has 0 aliphatic rings. The Morgan fingerprint density at radius 1 is 1.21 bits per heavy atom. The fourth-order valence-corrected chi connectivity index (χ4v) is 1.64. The molecule has 0 saturated heterocycles. The largest absolute Gasteiger partial charge is 0.486 e. The first-order chi connectivity index (χ1) is 9.29. The molecule has 2 rings (SSSR count). The number of nitrogens with zero attached hydrogens (tertiary/aromatic N) is 1. The van der Waals surface area contributed by atoms with E-state index in [2.05, 4.69) is 10.3 Å². The third-order valence-electron chi connectivity index (χ3n) is 2.32. The Bertz CT molecular complexity index is 489. The van der Waals surface area contributed by atoms with Crippen molar-refractivity contribution in [1.29, 1.82) is 0 Å². The molecule has 0 saturated carbocycles. The Hall–Kier alpha value is -1.74. The Morgan fingerprint density at radius 2 is 2.00 bits per heavy atom. The number of aromatic nitrogens is 1. The van der Waals surface area contributed by atoms with Gasteiger partial charge >= 0.3 is 0 Å². The van der Waals surface area contributed by atoms with Crippen LogP contribution in [0.5, 0.6) is 5.75 Å². The molecule has 0 fully saturated rings. The van der Waals surface area contributed by atoms with Gasteiger partial charge in [0.15, 0.2) is 0 Å². The molecule has 0 bridgehead atoms. The van der Waals surface area contributed by atoms with E-state index in [4.69, 9.17) is 16.3 Å². The molecule has 1 aromatic heterocycles. The second-order valence-corrected chi connectivity index (χ2v) is 3.91. The van der Waals surface area contributed by atoms with Gasteiger partial charge in [0.1, 0.15) is 12.4 Å². The number of nitrogens with one attached hydrogen (secondary N) is 1. The van der Waals surface area contributed by atoms with Crippen LogP contribution in [0.4, 0.5) is 5.69 Å². The summed E-state index contributed by atoms with van der Waals surface area (Å²) in [6.07, 6.45) is 1.74. The number of benzene rings is 1. The summed E-state index contributed by atoms with van der Waals surface area (Å²) in [5.41, 5.74) is 1.83. The Labute approximate surface area is 119 Å². The molecule has 0 aliphatic carbocycles. The summed E-state index contributed by atoms with van der Waals surface area (Å²) in [7, 11) is 1.85. The molecule has 2 aromatic rings. The van der Waals surface area contributed by atoms with Crippen LogP contribution in [0.2, 0.25) is 5.02 Å². The fourth-order valence-electron chi connectivity index (χ4n) is 1.41. The van der Waals surface area contributed by atoms with Crippen LogP contribution in [-0.2, 0) is 6.61 Å². The van der Waals surface area contributed by atoms with Gasteiger partial charge < -0.3 is 10.1 Å². The summed E-state index contributed by atoms with van der Waals surface area (Å²) in [6, 6.07) is 11.3. The first-order valence-corrected chi connectivity index (χ1v) is 6.67. The second-order valence-electron chi connectivity index (χ2n) is 3.50. The van der Waals surface area contributed by atoms with Crippen LogP contribution in [0.15, 0.2) is 42.6 Å². The topological polar surface area (TPSA) is 34.1 Å². The molecule has 0 unspecified atom stereocenters.